The fraction of sp³-hybridized carbons (Fsp3) is 1.00. The smallest absolute Gasteiger partial charge is 0.0860 e. The largest absolute Gasteiger partial charge is 0.373 e. The van der Waals surface area contributed by atoms with Crippen molar-refractivity contribution in [2.75, 3.05) is 19.7 Å². The molecule has 0 unspecified atom stereocenters. The van der Waals surface area contributed by atoms with Gasteiger partial charge in [-0.25, -0.2) is 0 Å². The van der Waals surface area contributed by atoms with E-state index in [1.807, 2.05) is 0 Å². The summed E-state index contributed by atoms with van der Waals surface area (Å²) in [4.78, 5) is 2.52. The minimum Gasteiger partial charge on any atom is -0.373 e. The highest BCUT2D eigenvalue weighted by molar-refractivity contribution is 5.02. The lowest BCUT2D eigenvalue weighted by Gasteiger charge is -2.42. The number of piperidine rings is 1. The molecule has 1 spiro atoms. The van der Waals surface area contributed by atoms with E-state index in [1.165, 1.54) is 0 Å². The second kappa shape index (κ2) is 4.04. The maximum atomic E-state index is 6.27. The Morgan fingerprint density at radius 3 is 2.33 bits per heavy atom. The Morgan fingerprint density at radius 1 is 1.33 bits per heavy atom. The minimum absolute atomic E-state index is 0.00477. The van der Waals surface area contributed by atoms with E-state index in [0.717, 1.165) is 32.5 Å². The quantitative estimate of drug-likeness (QED) is 0.710. The lowest BCUT2D eigenvalue weighted by molar-refractivity contribution is -0.0555. The van der Waals surface area contributed by atoms with Crippen LogP contribution in [0, 0.1) is 5.92 Å². The first kappa shape index (κ1) is 11.4. The summed E-state index contributed by atoms with van der Waals surface area (Å²) in [6.07, 6.45) is 2.22. The SMILES string of the molecule is CC(C)N1CCC2(CC1)OC[C@@H](C)[C@H]2N. The van der Waals surface area contributed by atoms with Crippen molar-refractivity contribution < 1.29 is 4.74 Å². The molecule has 2 atom stereocenters. The number of rotatable bonds is 1. The predicted molar refractivity (Wildman–Crippen MR) is 61.8 cm³/mol. The highest BCUT2D eigenvalue weighted by Crippen LogP contribution is 2.37. The van der Waals surface area contributed by atoms with E-state index in [0.29, 0.717) is 12.0 Å². The summed E-state index contributed by atoms with van der Waals surface area (Å²) in [5.74, 6) is 0.524. The topological polar surface area (TPSA) is 38.5 Å². The van der Waals surface area contributed by atoms with Gasteiger partial charge in [-0.1, -0.05) is 6.92 Å². The molecule has 0 amide bonds. The van der Waals surface area contributed by atoms with Crippen LogP contribution >= 0.6 is 0 Å². The molecule has 2 saturated heterocycles. The number of ether oxygens (including phenoxy) is 1. The van der Waals surface area contributed by atoms with Gasteiger partial charge in [0.1, 0.15) is 0 Å². The Morgan fingerprint density at radius 2 is 1.93 bits per heavy atom. The maximum absolute atomic E-state index is 6.27. The van der Waals surface area contributed by atoms with E-state index < -0.39 is 0 Å². The van der Waals surface area contributed by atoms with Crippen LogP contribution in [0.4, 0.5) is 0 Å². The summed E-state index contributed by atoms with van der Waals surface area (Å²) in [6, 6.07) is 0.893. The molecular formula is C12H24N2O. The Bertz CT molecular complexity index is 222. The zero-order valence-electron chi connectivity index (χ0n) is 10.2. The standard InChI is InChI=1S/C12H24N2O/c1-9(2)14-6-4-12(5-7-14)11(13)10(3)8-15-12/h9-11H,4-8,13H2,1-3H3/t10-,11-/m1/s1. The molecule has 3 heteroatoms. The fourth-order valence-electron chi connectivity index (χ4n) is 2.91. The van der Waals surface area contributed by atoms with Gasteiger partial charge in [0.05, 0.1) is 12.2 Å². The number of nitrogens with two attached hydrogens (primary N) is 1. The molecule has 2 rings (SSSR count). The molecule has 0 aromatic carbocycles. The molecule has 0 radical (unpaired) electrons. The van der Waals surface area contributed by atoms with Crippen LogP contribution in [0.25, 0.3) is 0 Å². The van der Waals surface area contributed by atoms with Gasteiger partial charge in [-0.05, 0) is 32.6 Å². The van der Waals surface area contributed by atoms with Crippen LogP contribution in [0.2, 0.25) is 0 Å². The zero-order chi connectivity index (χ0) is 11.1. The molecule has 15 heavy (non-hydrogen) atoms. The summed E-state index contributed by atoms with van der Waals surface area (Å²) >= 11 is 0. The van der Waals surface area contributed by atoms with Gasteiger partial charge < -0.3 is 15.4 Å². The molecule has 0 bridgehead atoms. The van der Waals surface area contributed by atoms with Crippen molar-refractivity contribution in [2.24, 2.45) is 11.7 Å². The van der Waals surface area contributed by atoms with Crippen LogP contribution < -0.4 is 5.73 Å². The van der Waals surface area contributed by atoms with Crippen molar-refractivity contribution in [3.05, 3.63) is 0 Å². The highest BCUT2D eigenvalue weighted by Gasteiger charge is 2.47. The molecule has 2 heterocycles. The number of nitrogens with zero attached hydrogens (tertiary/aromatic N) is 1. The van der Waals surface area contributed by atoms with Crippen molar-refractivity contribution in [3.63, 3.8) is 0 Å². The van der Waals surface area contributed by atoms with Crippen molar-refractivity contribution in [3.8, 4) is 0 Å². The third-order valence-electron chi connectivity index (χ3n) is 4.23. The summed E-state index contributed by atoms with van der Waals surface area (Å²) < 4.78 is 5.98. The Labute approximate surface area is 93.0 Å². The normalized spacial score (nSPS) is 36.6. The van der Waals surface area contributed by atoms with Gasteiger partial charge in [-0.2, -0.15) is 0 Å². The van der Waals surface area contributed by atoms with Crippen molar-refractivity contribution in [1.29, 1.82) is 0 Å². The van der Waals surface area contributed by atoms with Gasteiger partial charge in [0.15, 0.2) is 0 Å². The Balaban J connectivity index is 1.98. The van der Waals surface area contributed by atoms with Gasteiger partial charge in [0.25, 0.3) is 0 Å². The average molecular weight is 212 g/mol. The molecule has 0 aromatic heterocycles. The summed E-state index contributed by atoms with van der Waals surface area (Å²) in [7, 11) is 0. The highest BCUT2D eigenvalue weighted by atomic mass is 16.5. The number of hydrogen-bond donors (Lipinski definition) is 1. The molecule has 2 fully saturated rings. The monoisotopic (exact) mass is 212 g/mol. The second-order valence-electron chi connectivity index (χ2n) is 5.51. The van der Waals surface area contributed by atoms with Crippen molar-refractivity contribution in [1.82, 2.24) is 4.90 Å². The number of likely N-dealkylation sites (tertiary alicyclic amines) is 1. The molecule has 0 aromatic rings. The molecule has 0 aliphatic carbocycles. The fourth-order valence-corrected chi connectivity index (χ4v) is 2.91. The third kappa shape index (κ3) is 1.93. The molecule has 0 saturated carbocycles. The summed E-state index contributed by atoms with van der Waals surface area (Å²) in [6.45, 7) is 9.85. The van der Waals surface area contributed by atoms with Crippen molar-refractivity contribution in [2.45, 2.75) is 51.3 Å². The first-order chi connectivity index (χ1) is 7.05. The molecule has 88 valence electrons. The number of hydrogen-bond acceptors (Lipinski definition) is 3. The van der Waals surface area contributed by atoms with E-state index in [1.54, 1.807) is 0 Å². The van der Waals surface area contributed by atoms with Gasteiger partial charge >= 0.3 is 0 Å². The second-order valence-corrected chi connectivity index (χ2v) is 5.51. The van der Waals surface area contributed by atoms with E-state index in [-0.39, 0.29) is 11.6 Å². The van der Waals surface area contributed by atoms with Crippen molar-refractivity contribution >= 4 is 0 Å². The van der Waals surface area contributed by atoms with E-state index >= 15 is 0 Å². The van der Waals surface area contributed by atoms with E-state index in [9.17, 15) is 0 Å². The first-order valence-electron chi connectivity index (χ1n) is 6.19. The molecule has 2 aliphatic heterocycles. The maximum Gasteiger partial charge on any atom is 0.0860 e. The van der Waals surface area contributed by atoms with E-state index in [4.69, 9.17) is 10.5 Å². The Kier molecular flexibility index (Phi) is 3.06. The predicted octanol–water partition coefficient (Wildman–Crippen LogP) is 1.22. The van der Waals surface area contributed by atoms with E-state index in [2.05, 4.69) is 25.7 Å². The molecule has 3 nitrogen and oxygen atoms in total. The molecule has 2 N–H and O–H groups in total. The van der Waals surface area contributed by atoms with Crippen LogP contribution in [0.1, 0.15) is 33.6 Å². The average Bonchev–Trinajstić information content (AvgIpc) is 2.48. The van der Waals surface area contributed by atoms with Gasteiger partial charge in [0.2, 0.25) is 0 Å². The lowest BCUT2D eigenvalue weighted by Crippen LogP contribution is -2.55. The van der Waals surface area contributed by atoms with Crippen LogP contribution in [0.15, 0.2) is 0 Å². The minimum atomic E-state index is 0.00477. The summed E-state index contributed by atoms with van der Waals surface area (Å²) in [5, 5.41) is 0. The van der Waals surface area contributed by atoms with Crippen LogP contribution in [0.3, 0.4) is 0 Å². The Hall–Kier alpha value is -0.120. The zero-order valence-corrected chi connectivity index (χ0v) is 10.2. The molecular weight excluding hydrogens is 188 g/mol. The third-order valence-corrected chi connectivity index (χ3v) is 4.23. The first-order valence-corrected chi connectivity index (χ1v) is 6.19. The van der Waals surface area contributed by atoms with Crippen LogP contribution in [-0.2, 0) is 4.74 Å². The van der Waals surface area contributed by atoms with Gasteiger partial charge in [-0.3, -0.25) is 0 Å². The van der Waals surface area contributed by atoms with Crippen LogP contribution in [-0.4, -0.2) is 42.3 Å². The van der Waals surface area contributed by atoms with Gasteiger partial charge in [0, 0.05) is 25.2 Å². The lowest BCUT2D eigenvalue weighted by atomic mass is 9.81. The summed E-state index contributed by atoms with van der Waals surface area (Å²) in [5.41, 5.74) is 6.27. The van der Waals surface area contributed by atoms with Crippen LogP contribution in [0.5, 0.6) is 0 Å². The van der Waals surface area contributed by atoms with Gasteiger partial charge in [-0.15, -0.1) is 0 Å². The molecule has 2 aliphatic rings.